The monoisotopic (exact) mass is 291 g/mol. The number of nitro groups is 1. The summed E-state index contributed by atoms with van der Waals surface area (Å²) in [5.74, 6) is 5.44. The van der Waals surface area contributed by atoms with Crippen LogP contribution >= 0.6 is 0 Å². The van der Waals surface area contributed by atoms with Crippen molar-refractivity contribution in [3.8, 4) is 0 Å². The van der Waals surface area contributed by atoms with Crippen LogP contribution in [-0.4, -0.2) is 41.5 Å². The highest BCUT2D eigenvalue weighted by Gasteiger charge is 2.34. The second kappa shape index (κ2) is 5.50. The molecule has 7 heteroatoms. The Labute approximate surface area is 123 Å². The first kappa shape index (κ1) is 14.1. The Morgan fingerprint density at radius 1 is 1.38 bits per heavy atom. The van der Waals surface area contributed by atoms with Gasteiger partial charge in [-0.25, -0.2) is 0 Å². The van der Waals surface area contributed by atoms with Crippen LogP contribution < -0.4 is 16.2 Å². The first-order chi connectivity index (χ1) is 10.1. The molecule has 2 aliphatic heterocycles. The van der Waals surface area contributed by atoms with E-state index in [1.165, 1.54) is 25.5 Å². The molecule has 1 aromatic carbocycles. The molecule has 3 N–H and O–H groups in total. The molecule has 0 saturated carbocycles. The number of non-ortho nitro benzene ring substituents is 1. The average molecular weight is 291 g/mol. The summed E-state index contributed by atoms with van der Waals surface area (Å²) >= 11 is 0. The van der Waals surface area contributed by atoms with Crippen molar-refractivity contribution in [1.29, 1.82) is 0 Å². The quantitative estimate of drug-likeness (QED) is 0.499. The molecule has 7 nitrogen and oxygen atoms in total. The third kappa shape index (κ3) is 2.66. The standard InChI is InChI=1S/C14H21N5O2/c1-10-8-17-4-2-3-12(17)9-18(10)13-5-11(16-15)6-14(7-13)19(20)21/h5-7,10,12,16H,2-4,8-9,15H2,1H3. The molecule has 3 rings (SSSR count). The van der Waals surface area contributed by atoms with Crippen LogP contribution in [-0.2, 0) is 0 Å². The topological polar surface area (TPSA) is 87.7 Å². The maximum atomic E-state index is 11.1. The summed E-state index contributed by atoms with van der Waals surface area (Å²) in [4.78, 5) is 15.5. The highest BCUT2D eigenvalue weighted by molar-refractivity contribution is 5.64. The number of rotatable bonds is 3. The van der Waals surface area contributed by atoms with Crippen LogP contribution in [0.15, 0.2) is 18.2 Å². The summed E-state index contributed by atoms with van der Waals surface area (Å²) in [6, 6.07) is 5.89. The van der Waals surface area contributed by atoms with Gasteiger partial charge in [0.2, 0.25) is 0 Å². The normalized spacial score (nSPS) is 25.7. The predicted molar refractivity (Wildman–Crippen MR) is 82.3 cm³/mol. The largest absolute Gasteiger partial charge is 0.366 e. The van der Waals surface area contributed by atoms with E-state index in [-0.39, 0.29) is 10.6 Å². The number of nitrogen functional groups attached to an aromatic ring is 1. The van der Waals surface area contributed by atoms with Crippen molar-refractivity contribution in [3.05, 3.63) is 28.3 Å². The summed E-state index contributed by atoms with van der Waals surface area (Å²) in [7, 11) is 0. The number of nitrogens with two attached hydrogens (primary N) is 1. The number of anilines is 2. The lowest BCUT2D eigenvalue weighted by Crippen LogP contribution is -2.55. The van der Waals surface area contributed by atoms with Gasteiger partial charge in [0, 0.05) is 43.0 Å². The average Bonchev–Trinajstić information content (AvgIpc) is 2.92. The number of nitrogens with zero attached hydrogens (tertiary/aromatic N) is 3. The maximum Gasteiger partial charge on any atom is 0.273 e. The van der Waals surface area contributed by atoms with E-state index in [0.717, 1.165) is 18.8 Å². The van der Waals surface area contributed by atoms with E-state index in [0.29, 0.717) is 17.8 Å². The molecule has 2 heterocycles. The molecule has 2 unspecified atom stereocenters. The Kier molecular flexibility index (Phi) is 3.69. The summed E-state index contributed by atoms with van der Waals surface area (Å²) in [5.41, 5.74) is 4.03. The zero-order chi connectivity index (χ0) is 15.0. The molecule has 0 aliphatic carbocycles. The van der Waals surface area contributed by atoms with Crippen LogP contribution in [0, 0.1) is 10.1 Å². The molecule has 0 aromatic heterocycles. The molecule has 0 radical (unpaired) electrons. The van der Waals surface area contributed by atoms with Gasteiger partial charge < -0.3 is 10.3 Å². The van der Waals surface area contributed by atoms with Crippen LogP contribution in [0.25, 0.3) is 0 Å². The van der Waals surface area contributed by atoms with Gasteiger partial charge in [0.05, 0.1) is 10.6 Å². The number of nitro benzene ring substituents is 1. The first-order valence-electron chi connectivity index (χ1n) is 7.35. The van der Waals surface area contributed by atoms with Gasteiger partial charge in [0.25, 0.3) is 5.69 Å². The molecule has 21 heavy (non-hydrogen) atoms. The Bertz CT molecular complexity index is 550. The highest BCUT2D eigenvalue weighted by Crippen LogP contribution is 2.32. The van der Waals surface area contributed by atoms with Gasteiger partial charge in [-0.2, -0.15) is 0 Å². The maximum absolute atomic E-state index is 11.1. The fraction of sp³-hybridized carbons (Fsp3) is 0.571. The molecule has 0 bridgehead atoms. The molecule has 114 valence electrons. The Hall–Kier alpha value is -1.86. The number of fused-ring (bicyclic) bond motifs is 1. The summed E-state index contributed by atoms with van der Waals surface area (Å²) in [6.07, 6.45) is 2.45. The molecular formula is C14H21N5O2. The molecular weight excluding hydrogens is 270 g/mol. The zero-order valence-corrected chi connectivity index (χ0v) is 12.2. The lowest BCUT2D eigenvalue weighted by Gasteiger charge is -2.43. The van der Waals surface area contributed by atoms with Gasteiger partial charge in [0.15, 0.2) is 0 Å². The number of benzene rings is 1. The fourth-order valence-corrected chi connectivity index (χ4v) is 3.50. The molecule has 0 amide bonds. The van der Waals surface area contributed by atoms with Gasteiger partial charge in [-0.3, -0.25) is 20.9 Å². The molecule has 0 spiro atoms. The van der Waals surface area contributed by atoms with E-state index in [9.17, 15) is 10.1 Å². The molecule has 2 saturated heterocycles. The van der Waals surface area contributed by atoms with Crippen LogP contribution in [0.5, 0.6) is 0 Å². The third-order valence-corrected chi connectivity index (χ3v) is 4.55. The minimum Gasteiger partial charge on any atom is -0.366 e. The van der Waals surface area contributed by atoms with Crippen LogP contribution in [0.4, 0.5) is 17.1 Å². The minimum atomic E-state index is -0.374. The molecule has 1 aromatic rings. The van der Waals surface area contributed by atoms with E-state index in [1.807, 2.05) is 6.07 Å². The van der Waals surface area contributed by atoms with Gasteiger partial charge in [-0.1, -0.05) is 0 Å². The van der Waals surface area contributed by atoms with E-state index < -0.39 is 0 Å². The third-order valence-electron chi connectivity index (χ3n) is 4.55. The van der Waals surface area contributed by atoms with Crippen molar-refractivity contribution in [1.82, 2.24) is 4.90 Å². The van der Waals surface area contributed by atoms with Crippen molar-refractivity contribution in [2.45, 2.75) is 31.8 Å². The van der Waals surface area contributed by atoms with Gasteiger partial charge in [0.1, 0.15) is 0 Å². The lowest BCUT2D eigenvalue weighted by molar-refractivity contribution is -0.384. The van der Waals surface area contributed by atoms with Gasteiger partial charge in [-0.05, 0) is 32.4 Å². The predicted octanol–water partition coefficient (Wildman–Crippen LogP) is 1.55. The number of hydrazine groups is 1. The summed E-state index contributed by atoms with van der Waals surface area (Å²) in [5, 5.41) is 11.1. The van der Waals surface area contributed by atoms with Crippen molar-refractivity contribution in [3.63, 3.8) is 0 Å². The fourth-order valence-electron chi connectivity index (χ4n) is 3.50. The minimum absolute atomic E-state index is 0.0708. The summed E-state index contributed by atoms with van der Waals surface area (Å²) < 4.78 is 0. The zero-order valence-electron chi connectivity index (χ0n) is 12.2. The second-order valence-corrected chi connectivity index (χ2v) is 5.93. The molecule has 2 aliphatic rings. The van der Waals surface area contributed by atoms with E-state index in [4.69, 9.17) is 5.84 Å². The van der Waals surface area contributed by atoms with Gasteiger partial charge >= 0.3 is 0 Å². The van der Waals surface area contributed by atoms with Crippen LogP contribution in [0.2, 0.25) is 0 Å². The number of hydrogen-bond donors (Lipinski definition) is 2. The Morgan fingerprint density at radius 2 is 2.19 bits per heavy atom. The van der Waals surface area contributed by atoms with E-state index >= 15 is 0 Å². The molecule has 2 atom stereocenters. The second-order valence-electron chi connectivity index (χ2n) is 5.93. The van der Waals surface area contributed by atoms with Crippen molar-refractivity contribution >= 4 is 17.1 Å². The van der Waals surface area contributed by atoms with Crippen molar-refractivity contribution < 1.29 is 4.92 Å². The highest BCUT2D eigenvalue weighted by atomic mass is 16.6. The van der Waals surface area contributed by atoms with Gasteiger partial charge in [-0.15, -0.1) is 0 Å². The first-order valence-corrected chi connectivity index (χ1v) is 7.35. The van der Waals surface area contributed by atoms with Crippen molar-refractivity contribution in [2.75, 3.05) is 30.0 Å². The Balaban J connectivity index is 1.91. The van der Waals surface area contributed by atoms with Crippen LogP contribution in [0.1, 0.15) is 19.8 Å². The lowest BCUT2D eigenvalue weighted by atomic mass is 10.1. The van der Waals surface area contributed by atoms with Crippen molar-refractivity contribution in [2.24, 2.45) is 5.84 Å². The summed E-state index contributed by atoms with van der Waals surface area (Å²) in [6.45, 7) is 5.28. The van der Waals surface area contributed by atoms with E-state index in [1.54, 1.807) is 6.07 Å². The number of nitrogens with one attached hydrogen (secondary N) is 1. The number of piperazine rings is 1. The van der Waals surface area contributed by atoms with Crippen LogP contribution in [0.3, 0.4) is 0 Å². The molecule has 2 fully saturated rings. The number of hydrogen-bond acceptors (Lipinski definition) is 6. The van der Waals surface area contributed by atoms with E-state index in [2.05, 4.69) is 22.1 Å². The Morgan fingerprint density at radius 3 is 2.90 bits per heavy atom. The smallest absolute Gasteiger partial charge is 0.273 e. The SMILES string of the molecule is CC1CN2CCCC2CN1c1cc(NN)cc([N+](=O)[O-])c1.